The third-order valence-electron chi connectivity index (χ3n) is 5.40. The van der Waals surface area contributed by atoms with Crippen molar-refractivity contribution in [3.63, 3.8) is 0 Å². The second kappa shape index (κ2) is 10.4. The van der Waals surface area contributed by atoms with E-state index in [2.05, 4.69) is 27.1 Å². The van der Waals surface area contributed by atoms with E-state index in [0.717, 1.165) is 48.3 Å². The first-order valence-corrected chi connectivity index (χ1v) is 12.3. The van der Waals surface area contributed by atoms with Gasteiger partial charge in [-0.05, 0) is 43.8 Å². The number of piperazine rings is 1. The number of nitrogens with one attached hydrogen (secondary N) is 1. The minimum Gasteiger partial charge on any atom is -0.322 e. The van der Waals surface area contributed by atoms with E-state index in [1.165, 1.54) is 29.2 Å². The molecule has 1 N–H and O–H groups in total. The number of rotatable bonds is 7. The molecule has 1 fully saturated rings. The monoisotopic (exact) mass is 483 g/mol. The van der Waals surface area contributed by atoms with Crippen LogP contribution in [0.2, 0.25) is 0 Å². The lowest BCUT2D eigenvalue weighted by Crippen LogP contribution is -2.43. The average molecular weight is 484 g/mol. The molecule has 172 valence electrons. The topological polar surface area (TPSA) is 91.6 Å². The highest BCUT2D eigenvalue weighted by Gasteiger charge is 2.20. The lowest BCUT2D eigenvalue weighted by Gasteiger charge is -2.32. The number of hydrogen-bond donors (Lipinski definition) is 1. The summed E-state index contributed by atoms with van der Waals surface area (Å²) in [7, 11) is 2.13. The van der Waals surface area contributed by atoms with Crippen LogP contribution in [0.15, 0.2) is 57.1 Å². The number of nitro groups is 1. The van der Waals surface area contributed by atoms with Gasteiger partial charge in [-0.15, -0.1) is 11.3 Å². The number of nitrogens with zero attached hydrogens (tertiary/aromatic N) is 4. The second-order valence-corrected chi connectivity index (χ2v) is 10.2. The molecule has 3 aromatic rings. The molecule has 0 atom stereocenters. The summed E-state index contributed by atoms with van der Waals surface area (Å²) in [5.41, 5.74) is 2.80. The predicted octanol–water partition coefficient (Wildman–Crippen LogP) is 4.51. The molecule has 10 heteroatoms. The molecule has 0 spiro atoms. The van der Waals surface area contributed by atoms with Gasteiger partial charge in [0, 0.05) is 61.1 Å². The zero-order valence-electron chi connectivity index (χ0n) is 18.5. The van der Waals surface area contributed by atoms with Crippen molar-refractivity contribution in [3.8, 4) is 0 Å². The number of carbonyl (C=O) groups excluding carboxylic acids is 1. The molecule has 0 aliphatic carbocycles. The zero-order chi connectivity index (χ0) is 23.4. The van der Waals surface area contributed by atoms with Gasteiger partial charge in [0.2, 0.25) is 0 Å². The Morgan fingerprint density at radius 2 is 2.00 bits per heavy atom. The highest BCUT2D eigenvalue weighted by Crippen LogP contribution is 2.37. The molecule has 0 bridgehead atoms. The number of likely N-dealkylation sites (N-methyl/N-ethyl adjacent to an activating group) is 1. The van der Waals surface area contributed by atoms with Crippen molar-refractivity contribution in [2.75, 3.05) is 38.5 Å². The lowest BCUT2D eigenvalue weighted by atomic mass is 10.1. The number of benzene rings is 2. The van der Waals surface area contributed by atoms with Crippen molar-refractivity contribution in [2.24, 2.45) is 0 Å². The average Bonchev–Trinajstić information content (AvgIpc) is 3.20. The Hall–Kier alpha value is -2.79. The summed E-state index contributed by atoms with van der Waals surface area (Å²) >= 11 is 2.67. The Morgan fingerprint density at radius 3 is 2.70 bits per heavy atom. The van der Waals surface area contributed by atoms with Crippen LogP contribution in [0, 0.1) is 17.0 Å². The largest absolute Gasteiger partial charge is 0.322 e. The third kappa shape index (κ3) is 6.17. The number of aromatic nitrogens is 1. The van der Waals surface area contributed by atoms with Gasteiger partial charge in [-0.2, -0.15) is 0 Å². The highest BCUT2D eigenvalue weighted by molar-refractivity contribution is 8.01. The van der Waals surface area contributed by atoms with Gasteiger partial charge in [-0.3, -0.25) is 19.8 Å². The fourth-order valence-electron chi connectivity index (χ4n) is 3.58. The maximum Gasteiger partial charge on any atom is 0.284 e. The van der Waals surface area contributed by atoms with Crippen molar-refractivity contribution in [1.82, 2.24) is 14.8 Å². The maximum atomic E-state index is 12.8. The lowest BCUT2D eigenvalue weighted by molar-refractivity contribution is -0.387. The summed E-state index contributed by atoms with van der Waals surface area (Å²) in [5, 5.41) is 16.4. The Kier molecular flexibility index (Phi) is 7.39. The van der Waals surface area contributed by atoms with E-state index in [9.17, 15) is 14.9 Å². The first-order chi connectivity index (χ1) is 15.9. The standard InChI is InChI=1S/C23H25N5O3S2/c1-16-15-32-23(24-16)33-21-7-6-18(13-20(21)28(30)31)22(29)25-19-5-3-4-17(12-19)14-27-10-8-26(2)9-11-27/h3-7,12-13,15H,8-11,14H2,1-2H3,(H,25,29). The Bertz CT molecular complexity index is 1160. The van der Waals surface area contributed by atoms with Gasteiger partial charge in [0.1, 0.15) is 0 Å². The normalized spacial score (nSPS) is 14.8. The van der Waals surface area contributed by atoms with Crippen molar-refractivity contribution >= 4 is 40.4 Å². The van der Waals surface area contributed by atoms with Gasteiger partial charge in [-0.25, -0.2) is 4.98 Å². The van der Waals surface area contributed by atoms with Crippen LogP contribution in [0.3, 0.4) is 0 Å². The van der Waals surface area contributed by atoms with E-state index in [-0.39, 0.29) is 17.2 Å². The number of anilines is 1. The minimum absolute atomic E-state index is 0.107. The fourth-order valence-corrected chi connectivity index (χ4v) is 5.45. The van der Waals surface area contributed by atoms with Crippen LogP contribution in [0.1, 0.15) is 21.6 Å². The molecule has 8 nitrogen and oxygen atoms in total. The summed E-state index contributed by atoms with van der Waals surface area (Å²) in [6, 6.07) is 12.3. The summed E-state index contributed by atoms with van der Waals surface area (Å²) < 4.78 is 0.727. The van der Waals surface area contributed by atoms with Gasteiger partial charge in [0.15, 0.2) is 4.34 Å². The molecular formula is C23H25N5O3S2. The number of amides is 1. The number of thiazole rings is 1. The molecule has 1 aliphatic heterocycles. The van der Waals surface area contributed by atoms with Gasteiger partial charge < -0.3 is 10.2 Å². The SMILES string of the molecule is Cc1csc(Sc2ccc(C(=O)Nc3cccc(CN4CCN(C)CC4)c3)cc2[N+](=O)[O-])n1. The first kappa shape index (κ1) is 23.4. The molecule has 0 radical (unpaired) electrons. The van der Waals surface area contributed by atoms with Crippen molar-refractivity contribution in [2.45, 2.75) is 22.7 Å². The van der Waals surface area contributed by atoms with Gasteiger partial charge in [0.05, 0.1) is 9.82 Å². The molecule has 2 aromatic carbocycles. The summed E-state index contributed by atoms with van der Waals surface area (Å²) in [4.78, 5) is 33.5. The van der Waals surface area contributed by atoms with Crippen molar-refractivity contribution in [3.05, 3.63) is 74.8 Å². The molecular weight excluding hydrogens is 458 g/mol. The van der Waals surface area contributed by atoms with Crippen LogP contribution in [-0.2, 0) is 6.54 Å². The molecule has 1 amide bonds. The quantitative estimate of drug-likeness (QED) is 0.390. The number of hydrogen-bond acceptors (Lipinski definition) is 8. The molecule has 1 aromatic heterocycles. The van der Waals surface area contributed by atoms with Crippen LogP contribution in [-0.4, -0.2) is 58.8 Å². The zero-order valence-corrected chi connectivity index (χ0v) is 20.1. The molecule has 33 heavy (non-hydrogen) atoms. The first-order valence-electron chi connectivity index (χ1n) is 10.6. The summed E-state index contributed by atoms with van der Waals surface area (Å²) in [6.45, 7) is 6.83. The number of nitro benzene ring substituents is 1. The second-order valence-electron chi connectivity index (χ2n) is 8.03. The van der Waals surface area contributed by atoms with Gasteiger partial charge in [-0.1, -0.05) is 23.9 Å². The molecule has 0 unspecified atom stereocenters. The van der Waals surface area contributed by atoms with Gasteiger partial charge >= 0.3 is 0 Å². The van der Waals surface area contributed by atoms with Crippen LogP contribution < -0.4 is 5.32 Å². The maximum absolute atomic E-state index is 12.8. The number of aryl methyl sites for hydroxylation is 1. The minimum atomic E-state index is -0.462. The number of carbonyl (C=O) groups is 1. The fraction of sp³-hybridized carbons (Fsp3) is 0.304. The van der Waals surface area contributed by atoms with E-state index in [1.807, 2.05) is 36.6 Å². The van der Waals surface area contributed by atoms with E-state index in [0.29, 0.717) is 10.6 Å². The molecule has 1 saturated heterocycles. The van der Waals surface area contributed by atoms with Crippen LogP contribution in [0.4, 0.5) is 11.4 Å². The highest BCUT2D eigenvalue weighted by atomic mass is 32.2. The summed E-state index contributed by atoms with van der Waals surface area (Å²) in [6.07, 6.45) is 0. The van der Waals surface area contributed by atoms with E-state index in [1.54, 1.807) is 12.1 Å². The molecule has 4 rings (SSSR count). The third-order valence-corrected chi connectivity index (χ3v) is 7.52. The van der Waals surface area contributed by atoms with Crippen LogP contribution >= 0.6 is 23.1 Å². The van der Waals surface area contributed by atoms with Crippen LogP contribution in [0.25, 0.3) is 0 Å². The van der Waals surface area contributed by atoms with E-state index < -0.39 is 4.92 Å². The Morgan fingerprint density at radius 1 is 1.21 bits per heavy atom. The van der Waals surface area contributed by atoms with E-state index >= 15 is 0 Å². The summed E-state index contributed by atoms with van der Waals surface area (Å²) in [5.74, 6) is -0.378. The predicted molar refractivity (Wildman–Crippen MR) is 131 cm³/mol. The van der Waals surface area contributed by atoms with Crippen molar-refractivity contribution < 1.29 is 9.72 Å². The smallest absolute Gasteiger partial charge is 0.284 e. The molecule has 2 heterocycles. The molecule has 1 aliphatic rings. The van der Waals surface area contributed by atoms with Gasteiger partial charge in [0.25, 0.3) is 11.6 Å². The van der Waals surface area contributed by atoms with Crippen LogP contribution in [0.5, 0.6) is 0 Å². The molecule has 0 saturated carbocycles. The van der Waals surface area contributed by atoms with Crippen molar-refractivity contribution in [1.29, 1.82) is 0 Å². The Labute approximate surface area is 200 Å². The van der Waals surface area contributed by atoms with E-state index in [4.69, 9.17) is 0 Å². The Balaban J connectivity index is 1.45.